The first kappa shape index (κ1) is 16.7. The van der Waals surface area contributed by atoms with Crippen LogP contribution in [-0.4, -0.2) is 29.1 Å². The molecule has 0 unspecified atom stereocenters. The number of benzene rings is 2. The van der Waals surface area contributed by atoms with E-state index < -0.39 is 5.91 Å². The lowest BCUT2D eigenvalue weighted by Crippen LogP contribution is -2.29. The number of carbonyl (C=O) groups excluding carboxylic acids is 1. The molecule has 1 aromatic heterocycles. The molecule has 2 aromatic carbocycles. The smallest absolute Gasteiger partial charge is 0.273 e. The molecule has 25 heavy (non-hydrogen) atoms. The first-order chi connectivity index (χ1) is 12.1. The summed E-state index contributed by atoms with van der Waals surface area (Å²) < 4.78 is 5.81. The van der Waals surface area contributed by atoms with Crippen molar-refractivity contribution in [2.24, 2.45) is 5.73 Å². The number of amides is 1. The largest absolute Gasteiger partial charge is 0.505 e. The number of ether oxygens (including phenoxy) is 1. The van der Waals surface area contributed by atoms with Crippen molar-refractivity contribution in [1.29, 1.82) is 0 Å². The van der Waals surface area contributed by atoms with Crippen molar-refractivity contribution in [1.82, 2.24) is 10.3 Å². The fraction of sp³-hybridized carbons (Fsp3) is 0.158. The van der Waals surface area contributed by atoms with E-state index in [0.717, 1.165) is 11.1 Å². The van der Waals surface area contributed by atoms with E-state index in [4.69, 9.17) is 10.5 Å². The first-order valence-electron chi connectivity index (χ1n) is 7.94. The molecule has 4 N–H and O–H groups in total. The van der Waals surface area contributed by atoms with Crippen molar-refractivity contribution in [3.8, 4) is 17.2 Å². The molecule has 0 saturated carbocycles. The zero-order chi connectivity index (χ0) is 17.8. The summed E-state index contributed by atoms with van der Waals surface area (Å²) in [4.78, 5) is 16.4. The summed E-state index contributed by atoms with van der Waals surface area (Å²) in [5.74, 6) is 0.747. The van der Waals surface area contributed by atoms with Gasteiger partial charge < -0.3 is 20.9 Å². The molecule has 0 spiro atoms. The Kier molecular flexibility index (Phi) is 4.81. The molecular formula is C19H19N3O3. The molecule has 0 fully saturated rings. The second-order valence-electron chi connectivity index (χ2n) is 5.56. The summed E-state index contributed by atoms with van der Waals surface area (Å²) in [7, 11) is 0. The van der Waals surface area contributed by atoms with Gasteiger partial charge in [0, 0.05) is 29.6 Å². The zero-order valence-electron chi connectivity index (χ0n) is 13.8. The van der Waals surface area contributed by atoms with Crippen LogP contribution in [-0.2, 0) is 0 Å². The highest BCUT2D eigenvalue weighted by Crippen LogP contribution is 2.33. The molecule has 0 aliphatic rings. The van der Waals surface area contributed by atoms with Crippen LogP contribution in [0, 0.1) is 6.92 Å². The van der Waals surface area contributed by atoms with Gasteiger partial charge in [-0.25, -0.2) is 4.98 Å². The van der Waals surface area contributed by atoms with Crippen LogP contribution < -0.4 is 15.8 Å². The normalized spacial score (nSPS) is 10.6. The molecule has 0 aliphatic heterocycles. The maximum absolute atomic E-state index is 12.1. The average molecular weight is 337 g/mol. The van der Waals surface area contributed by atoms with Crippen molar-refractivity contribution in [3.63, 3.8) is 0 Å². The Bertz CT molecular complexity index is 911. The quantitative estimate of drug-likeness (QED) is 0.665. The van der Waals surface area contributed by atoms with Crippen molar-refractivity contribution in [3.05, 3.63) is 59.9 Å². The maximum Gasteiger partial charge on any atom is 0.273 e. The van der Waals surface area contributed by atoms with Crippen LogP contribution in [0.1, 0.15) is 16.2 Å². The van der Waals surface area contributed by atoms with Gasteiger partial charge in [-0.1, -0.05) is 18.2 Å². The van der Waals surface area contributed by atoms with Gasteiger partial charge in [-0.05, 0) is 37.3 Å². The van der Waals surface area contributed by atoms with E-state index in [2.05, 4.69) is 10.3 Å². The second kappa shape index (κ2) is 7.19. The number of para-hydroxylation sites is 1. The van der Waals surface area contributed by atoms with Crippen LogP contribution in [0.25, 0.3) is 10.8 Å². The van der Waals surface area contributed by atoms with E-state index in [-0.39, 0.29) is 11.4 Å². The third-order valence-electron chi connectivity index (χ3n) is 3.76. The minimum Gasteiger partial charge on any atom is -0.505 e. The van der Waals surface area contributed by atoms with E-state index in [1.54, 1.807) is 25.1 Å². The molecule has 6 nitrogen and oxygen atoms in total. The van der Waals surface area contributed by atoms with E-state index in [0.29, 0.717) is 29.9 Å². The third-order valence-corrected chi connectivity index (χ3v) is 3.76. The summed E-state index contributed by atoms with van der Waals surface area (Å²) in [5, 5.41) is 14.3. The van der Waals surface area contributed by atoms with Crippen LogP contribution >= 0.6 is 0 Å². The number of aromatic nitrogens is 1. The number of aromatic hydroxyl groups is 1. The topological polar surface area (TPSA) is 97.5 Å². The standard InChI is InChI=1S/C19H19N3O3/c1-12-16-11-14(25-13-5-3-2-4-6-13)7-8-15(16)18(23)17(22-12)19(24)21-10-9-20/h2-8,11,23H,9-10,20H2,1H3,(H,21,24). The lowest BCUT2D eigenvalue weighted by Gasteiger charge is -2.12. The number of nitrogens with one attached hydrogen (secondary N) is 1. The predicted molar refractivity (Wildman–Crippen MR) is 96.0 cm³/mol. The maximum atomic E-state index is 12.1. The van der Waals surface area contributed by atoms with Gasteiger partial charge in [0.2, 0.25) is 0 Å². The second-order valence-corrected chi connectivity index (χ2v) is 5.56. The minimum absolute atomic E-state index is 0.00447. The third kappa shape index (κ3) is 3.54. The van der Waals surface area contributed by atoms with Gasteiger partial charge >= 0.3 is 0 Å². The predicted octanol–water partition coefficient (Wildman–Crippen LogP) is 2.73. The number of hydrogen-bond donors (Lipinski definition) is 3. The minimum atomic E-state index is -0.447. The number of carbonyl (C=O) groups is 1. The van der Waals surface area contributed by atoms with Crippen molar-refractivity contribution in [2.75, 3.05) is 13.1 Å². The molecule has 0 bridgehead atoms. The number of hydrogen-bond acceptors (Lipinski definition) is 5. The Morgan fingerprint density at radius 1 is 1.16 bits per heavy atom. The van der Waals surface area contributed by atoms with E-state index in [9.17, 15) is 9.90 Å². The highest BCUT2D eigenvalue weighted by atomic mass is 16.5. The van der Waals surface area contributed by atoms with Gasteiger partial charge in [0.1, 0.15) is 11.5 Å². The Labute approximate surface area is 145 Å². The van der Waals surface area contributed by atoms with Gasteiger partial charge in [-0.15, -0.1) is 0 Å². The van der Waals surface area contributed by atoms with E-state index in [1.807, 2.05) is 30.3 Å². The van der Waals surface area contributed by atoms with Crippen molar-refractivity contribution >= 4 is 16.7 Å². The molecular weight excluding hydrogens is 318 g/mol. The molecule has 3 rings (SSSR count). The number of rotatable bonds is 5. The summed E-state index contributed by atoms with van der Waals surface area (Å²) >= 11 is 0. The first-order valence-corrected chi connectivity index (χ1v) is 7.94. The van der Waals surface area contributed by atoms with E-state index >= 15 is 0 Å². The van der Waals surface area contributed by atoms with Crippen molar-refractivity contribution < 1.29 is 14.6 Å². The van der Waals surface area contributed by atoms with Crippen LogP contribution in [0.5, 0.6) is 17.2 Å². The summed E-state index contributed by atoms with van der Waals surface area (Å²) in [5.41, 5.74) is 6.01. The fourth-order valence-corrected chi connectivity index (χ4v) is 2.55. The number of aryl methyl sites for hydroxylation is 1. The molecule has 3 aromatic rings. The SMILES string of the molecule is Cc1nc(C(=O)NCCN)c(O)c2ccc(Oc3ccccc3)cc12. The highest BCUT2D eigenvalue weighted by molar-refractivity contribution is 6.02. The molecule has 1 amide bonds. The molecule has 0 saturated heterocycles. The average Bonchev–Trinajstić information content (AvgIpc) is 2.63. The Balaban J connectivity index is 1.98. The van der Waals surface area contributed by atoms with Gasteiger partial charge in [-0.2, -0.15) is 0 Å². The van der Waals surface area contributed by atoms with Crippen molar-refractivity contribution in [2.45, 2.75) is 6.92 Å². The molecule has 6 heteroatoms. The monoisotopic (exact) mass is 337 g/mol. The molecule has 0 radical (unpaired) electrons. The van der Waals surface area contributed by atoms with Gasteiger partial charge in [0.15, 0.2) is 11.4 Å². The Morgan fingerprint density at radius 2 is 1.92 bits per heavy atom. The lowest BCUT2D eigenvalue weighted by atomic mass is 10.1. The molecule has 128 valence electrons. The molecule has 0 aliphatic carbocycles. The Morgan fingerprint density at radius 3 is 2.64 bits per heavy atom. The van der Waals surface area contributed by atoms with Gasteiger partial charge in [0.05, 0.1) is 0 Å². The summed E-state index contributed by atoms with van der Waals surface area (Å²) in [6, 6.07) is 14.7. The zero-order valence-corrected chi connectivity index (χ0v) is 13.8. The van der Waals surface area contributed by atoms with E-state index in [1.165, 1.54) is 0 Å². The number of fused-ring (bicyclic) bond motifs is 1. The highest BCUT2D eigenvalue weighted by Gasteiger charge is 2.17. The van der Waals surface area contributed by atoms with Gasteiger partial charge in [-0.3, -0.25) is 4.79 Å². The number of pyridine rings is 1. The van der Waals surface area contributed by atoms with Crippen LogP contribution in [0.3, 0.4) is 0 Å². The fourth-order valence-electron chi connectivity index (χ4n) is 2.55. The summed E-state index contributed by atoms with van der Waals surface area (Å²) in [6.45, 7) is 2.42. The van der Waals surface area contributed by atoms with Crippen LogP contribution in [0.2, 0.25) is 0 Å². The molecule has 0 atom stereocenters. The van der Waals surface area contributed by atoms with Crippen LogP contribution in [0.4, 0.5) is 0 Å². The van der Waals surface area contributed by atoms with Crippen LogP contribution in [0.15, 0.2) is 48.5 Å². The molecule has 1 heterocycles. The summed E-state index contributed by atoms with van der Waals surface area (Å²) in [6.07, 6.45) is 0. The van der Waals surface area contributed by atoms with Gasteiger partial charge in [0.25, 0.3) is 5.91 Å². The Hall–Kier alpha value is -3.12. The number of nitrogens with zero attached hydrogens (tertiary/aromatic N) is 1. The lowest BCUT2D eigenvalue weighted by molar-refractivity contribution is 0.0947. The number of nitrogens with two attached hydrogens (primary N) is 1.